The number of ether oxygens (including phenoxy) is 18. The average Bonchev–Trinajstić information content (AvgIpc) is 0.761. The first-order chi connectivity index (χ1) is 53.3. The highest BCUT2D eigenvalue weighted by Gasteiger charge is 2.60. The Kier molecular flexibility index (Phi) is 30.5. The minimum atomic E-state index is -2.11. The molecule has 34 nitrogen and oxygen atoms in total. The molecule has 6 aromatic carbocycles. The summed E-state index contributed by atoms with van der Waals surface area (Å²) in [5, 5.41) is 71.2. The molecule has 10 unspecified atom stereocenters. The van der Waals surface area contributed by atoms with E-state index >= 15 is 0 Å². The molecule has 25 atom stereocenters. The van der Waals surface area contributed by atoms with Crippen LogP contribution in [0.5, 0.6) is 0 Å². The monoisotopic (exact) mass is 1510 g/mol. The third-order valence-corrected chi connectivity index (χ3v) is 19.0. The number of aliphatic hydroxyl groups is 5. The van der Waals surface area contributed by atoms with E-state index in [1.165, 1.54) is 7.11 Å². The molecule has 5 saturated heterocycles. The SMILES string of the molecule is COC(=O)C1O[C@@H](O[C@@H]2C(CO)O[C@@H](O[C@H]3C(C(=O)OC)O[C@@H](O[C@@H]4C(CO)O[C@H](OC)C(N=[N+]=[N-])[C@@H]4OCc4ccccc4)C(O)[C@H]3OCc3ccccc3)C(N=[N+]=[N-])[C@H]2O)C(OCc2ccccc2)[C@H](OCc2ccccc2)[C@@H]1O[C@H]1OC(CO)[C@@H](OCc2ccccc2)[C@@H](OCc2ccccc2)C1N=[N+]=[N-]. The molecule has 0 aromatic heterocycles. The summed E-state index contributed by atoms with van der Waals surface area (Å²) in [4.78, 5) is 38.3. The first kappa shape index (κ1) is 81.3. The smallest absolute Gasteiger partial charge is 0.337 e. The third-order valence-electron chi connectivity index (χ3n) is 19.0. The summed E-state index contributed by atoms with van der Waals surface area (Å²) in [6.45, 7) is -3.29. The molecule has 11 rings (SSSR count). The fraction of sp³-hybridized carbons (Fsp3) is 0.493. The number of nitrogens with zero attached hydrogens (tertiary/aromatic N) is 9. The van der Waals surface area contributed by atoms with E-state index in [1.54, 1.807) is 121 Å². The van der Waals surface area contributed by atoms with Gasteiger partial charge in [-0.2, -0.15) is 0 Å². The summed E-state index contributed by atoms with van der Waals surface area (Å²) in [7, 11) is 3.40. The Bertz CT molecular complexity index is 3910. The van der Waals surface area contributed by atoms with Gasteiger partial charge in [-0.15, -0.1) is 0 Å². The predicted octanol–water partition coefficient (Wildman–Crippen LogP) is 6.39. The van der Waals surface area contributed by atoms with Crippen molar-refractivity contribution < 1.29 is 120 Å². The van der Waals surface area contributed by atoms with Crippen molar-refractivity contribution in [2.75, 3.05) is 41.2 Å². The number of esters is 2. The van der Waals surface area contributed by atoms with Crippen molar-refractivity contribution in [2.45, 2.75) is 193 Å². The van der Waals surface area contributed by atoms with Crippen molar-refractivity contribution in [2.24, 2.45) is 15.3 Å². The minimum absolute atomic E-state index is 0.00805. The van der Waals surface area contributed by atoms with Crippen LogP contribution in [-0.4, -0.2) is 232 Å². The van der Waals surface area contributed by atoms with Gasteiger partial charge in [0.1, 0.15) is 104 Å². The molecule has 0 spiro atoms. The summed E-state index contributed by atoms with van der Waals surface area (Å²) in [6.07, 6.45) is -36.6. The molecule has 5 fully saturated rings. The Labute approximate surface area is 626 Å². The van der Waals surface area contributed by atoms with Crippen LogP contribution >= 0.6 is 0 Å². The lowest BCUT2D eigenvalue weighted by Gasteiger charge is -2.51. The highest BCUT2D eigenvalue weighted by atomic mass is 16.8. The van der Waals surface area contributed by atoms with Gasteiger partial charge >= 0.3 is 11.9 Å². The van der Waals surface area contributed by atoms with Crippen LogP contribution in [0, 0.1) is 0 Å². The van der Waals surface area contributed by atoms with Gasteiger partial charge in [-0.1, -0.05) is 197 Å². The second-order valence-electron chi connectivity index (χ2n) is 25.8. The Hall–Kier alpha value is -8.65. The standard InChI is InChI=1S/C75H87N9O25/c1-92-69(90)66-64(62(98-40-46-28-16-7-17-29-46)56(89)74(108-66)105-59-51(36-87)101-71(94-3)53(80-83-77)61(59)97-39-45-26-14-6-15-27-45)106-72-52(79-82-76)55(88)57(49(34-85)102-72)104-75-68(100-42-48-32-20-9-21-33-48)63(99-41-47-30-18-8-19-31-47)65(67(109-75)70(91)93-2)107-73-54(81-84-78)60(96-38-44-24-12-5-13-25-44)58(50(35-86)103-73)95-37-43-22-10-4-11-23-43/h4-33,49-68,71-75,85-89H,34-42H2,1-3H3/t49?,50?,51?,52?,53?,54?,55-,56?,57-,58-,59-,60+,61+,62-,63-,64-,65+,66?,67?,68?,71+,72+,73-,74-,75-/m1/s1. The summed E-state index contributed by atoms with van der Waals surface area (Å²) in [6, 6.07) is 48.8. The Balaban J connectivity index is 0.927. The molecule has 0 amide bonds. The van der Waals surface area contributed by atoms with Crippen molar-refractivity contribution in [1.29, 1.82) is 0 Å². The van der Waals surface area contributed by atoms with Crippen LogP contribution in [0.15, 0.2) is 197 Å². The van der Waals surface area contributed by atoms with Crippen molar-refractivity contribution in [3.05, 3.63) is 247 Å². The Morgan fingerprint density at radius 3 is 1.05 bits per heavy atom. The van der Waals surface area contributed by atoms with Crippen LogP contribution in [0.4, 0.5) is 0 Å². The van der Waals surface area contributed by atoms with Gasteiger partial charge in [0.2, 0.25) is 0 Å². The fourth-order valence-electron chi connectivity index (χ4n) is 13.6. The molecule has 5 heterocycles. The first-order valence-electron chi connectivity index (χ1n) is 35.2. The Morgan fingerprint density at radius 2 is 0.642 bits per heavy atom. The third kappa shape index (κ3) is 20.5. The van der Waals surface area contributed by atoms with Gasteiger partial charge in [-0.05, 0) is 50.0 Å². The van der Waals surface area contributed by atoms with Crippen molar-refractivity contribution in [1.82, 2.24) is 0 Å². The number of rotatable bonds is 35. The van der Waals surface area contributed by atoms with Gasteiger partial charge < -0.3 is 111 Å². The van der Waals surface area contributed by atoms with Gasteiger partial charge in [-0.25, -0.2) is 9.59 Å². The van der Waals surface area contributed by atoms with E-state index in [4.69, 9.17) is 85.3 Å². The van der Waals surface area contributed by atoms with E-state index in [1.807, 2.05) is 60.7 Å². The van der Waals surface area contributed by atoms with E-state index in [-0.39, 0.29) is 39.6 Å². The zero-order valence-corrected chi connectivity index (χ0v) is 59.5. The summed E-state index contributed by atoms with van der Waals surface area (Å²) in [5.41, 5.74) is 34.6. The van der Waals surface area contributed by atoms with E-state index < -0.39 is 185 Å². The van der Waals surface area contributed by atoms with Crippen LogP contribution in [0.1, 0.15) is 33.4 Å². The van der Waals surface area contributed by atoms with E-state index in [2.05, 4.69) is 30.1 Å². The molecule has 109 heavy (non-hydrogen) atoms. The number of benzene rings is 6. The highest BCUT2D eigenvalue weighted by Crippen LogP contribution is 2.41. The van der Waals surface area contributed by atoms with Crippen LogP contribution in [0.2, 0.25) is 0 Å². The second-order valence-corrected chi connectivity index (χ2v) is 25.8. The molecule has 5 N–H and O–H groups in total. The maximum Gasteiger partial charge on any atom is 0.337 e. The van der Waals surface area contributed by atoms with Crippen LogP contribution in [0.25, 0.3) is 31.3 Å². The van der Waals surface area contributed by atoms with Crippen molar-refractivity contribution >= 4 is 11.9 Å². The van der Waals surface area contributed by atoms with Crippen LogP contribution < -0.4 is 0 Å². The molecule has 0 aliphatic carbocycles. The van der Waals surface area contributed by atoms with Crippen LogP contribution in [-0.2, 0) is 134 Å². The molecule has 0 bridgehead atoms. The molecule has 5 aliphatic rings. The molecule has 34 heteroatoms. The largest absolute Gasteiger partial charge is 0.467 e. The van der Waals surface area contributed by atoms with Gasteiger partial charge in [0, 0.05) is 21.8 Å². The number of hydrogen-bond donors (Lipinski definition) is 5. The molecule has 582 valence electrons. The number of aliphatic hydroxyl groups excluding tert-OH is 5. The lowest BCUT2D eigenvalue weighted by molar-refractivity contribution is -0.382. The predicted molar refractivity (Wildman–Crippen MR) is 376 cm³/mol. The maximum absolute atomic E-state index is 14.7. The molecular weight excluding hydrogens is 1430 g/mol. The van der Waals surface area contributed by atoms with E-state index in [0.29, 0.717) is 22.3 Å². The molecule has 0 saturated carbocycles. The molecule has 0 radical (unpaired) electrons. The number of carbonyl (C=O) groups excluding carboxylic acids is 2. The molecule has 5 aliphatic heterocycles. The van der Waals surface area contributed by atoms with E-state index in [0.717, 1.165) is 25.3 Å². The summed E-state index contributed by atoms with van der Waals surface area (Å²) >= 11 is 0. The number of hydrogen-bond acceptors (Lipinski definition) is 28. The number of methoxy groups -OCH3 is 3. The van der Waals surface area contributed by atoms with Gasteiger partial charge in [0.05, 0.1) is 79.8 Å². The maximum atomic E-state index is 14.7. The normalized spacial score (nSPS) is 32.4. The van der Waals surface area contributed by atoms with Crippen molar-refractivity contribution in [3.8, 4) is 0 Å². The fourth-order valence-corrected chi connectivity index (χ4v) is 13.6. The minimum Gasteiger partial charge on any atom is -0.467 e. The average molecular weight is 1510 g/mol. The summed E-state index contributed by atoms with van der Waals surface area (Å²) in [5.74, 6) is -2.24. The van der Waals surface area contributed by atoms with Gasteiger partial charge in [-0.3, -0.25) is 0 Å². The zero-order valence-electron chi connectivity index (χ0n) is 59.5. The number of azide groups is 3. The molecular formula is C75H87N9O25. The quantitative estimate of drug-likeness (QED) is 0.0124. The topological polar surface area (TPSA) is 448 Å². The zero-order chi connectivity index (χ0) is 76.6. The molecule has 6 aromatic rings. The second kappa shape index (κ2) is 40.9. The summed E-state index contributed by atoms with van der Waals surface area (Å²) < 4.78 is 115. The van der Waals surface area contributed by atoms with Gasteiger partial charge in [0.15, 0.2) is 43.7 Å². The van der Waals surface area contributed by atoms with E-state index in [9.17, 15) is 51.7 Å². The first-order valence-corrected chi connectivity index (χ1v) is 35.2. The van der Waals surface area contributed by atoms with Gasteiger partial charge in [0.25, 0.3) is 0 Å². The lowest BCUT2D eigenvalue weighted by Crippen LogP contribution is -2.69. The highest BCUT2D eigenvalue weighted by molar-refractivity contribution is 5.76. The Morgan fingerprint density at radius 1 is 0.339 bits per heavy atom. The van der Waals surface area contributed by atoms with Crippen LogP contribution in [0.3, 0.4) is 0 Å². The lowest BCUT2D eigenvalue weighted by atomic mass is 9.93. The van der Waals surface area contributed by atoms with Crippen molar-refractivity contribution in [3.63, 3.8) is 0 Å². The number of carbonyl (C=O) groups is 2.